The van der Waals surface area contributed by atoms with Crippen LogP contribution >= 0.6 is 34.2 Å². The SMILES string of the molecule is Clc1ccc2nc(I)ccc2c1. The molecule has 1 heterocycles. The first-order chi connectivity index (χ1) is 5.75. The molecule has 0 spiro atoms. The Morgan fingerprint density at radius 2 is 2.00 bits per heavy atom. The lowest BCUT2D eigenvalue weighted by Gasteiger charge is -1.97. The molecule has 2 rings (SSSR count). The Balaban J connectivity index is 2.79. The zero-order valence-corrected chi connectivity index (χ0v) is 9.00. The van der Waals surface area contributed by atoms with Crippen LogP contribution in [-0.4, -0.2) is 4.98 Å². The Hall–Kier alpha value is -0.350. The Morgan fingerprint density at radius 1 is 1.17 bits per heavy atom. The van der Waals surface area contributed by atoms with E-state index in [9.17, 15) is 0 Å². The topological polar surface area (TPSA) is 12.9 Å². The molecular weight excluding hydrogens is 284 g/mol. The number of hydrogen-bond acceptors (Lipinski definition) is 1. The van der Waals surface area contributed by atoms with Crippen molar-refractivity contribution in [2.45, 2.75) is 0 Å². The van der Waals surface area contributed by atoms with Gasteiger partial charge in [-0.15, -0.1) is 0 Å². The van der Waals surface area contributed by atoms with Gasteiger partial charge in [0.15, 0.2) is 0 Å². The molecule has 0 N–H and O–H groups in total. The fraction of sp³-hybridized carbons (Fsp3) is 0. The molecule has 0 aliphatic rings. The minimum atomic E-state index is 0.755. The third kappa shape index (κ3) is 1.54. The number of benzene rings is 1. The molecule has 0 atom stereocenters. The quantitative estimate of drug-likeness (QED) is 0.534. The summed E-state index contributed by atoms with van der Waals surface area (Å²) in [5.74, 6) is 0. The van der Waals surface area contributed by atoms with E-state index in [0.29, 0.717) is 0 Å². The number of nitrogens with zero attached hydrogens (tertiary/aromatic N) is 1. The van der Waals surface area contributed by atoms with Crippen molar-refractivity contribution in [2.75, 3.05) is 0 Å². The zero-order chi connectivity index (χ0) is 8.55. The van der Waals surface area contributed by atoms with Gasteiger partial charge in [0.1, 0.15) is 3.70 Å². The smallest absolute Gasteiger partial charge is 0.102 e. The summed E-state index contributed by atoms with van der Waals surface area (Å²) in [4.78, 5) is 4.34. The van der Waals surface area contributed by atoms with E-state index in [1.807, 2.05) is 30.3 Å². The van der Waals surface area contributed by atoms with Crippen molar-refractivity contribution in [2.24, 2.45) is 0 Å². The van der Waals surface area contributed by atoms with Crippen LogP contribution in [0.15, 0.2) is 30.3 Å². The van der Waals surface area contributed by atoms with Gasteiger partial charge in [-0.3, -0.25) is 0 Å². The van der Waals surface area contributed by atoms with E-state index in [2.05, 4.69) is 27.6 Å². The van der Waals surface area contributed by atoms with Gasteiger partial charge in [-0.2, -0.15) is 0 Å². The molecule has 60 valence electrons. The van der Waals surface area contributed by atoms with Crippen molar-refractivity contribution in [3.8, 4) is 0 Å². The second-order valence-corrected chi connectivity index (χ2v) is 4.01. The summed E-state index contributed by atoms with van der Waals surface area (Å²) in [6.07, 6.45) is 0. The highest BCUT2D eigenvalue weighted by Gasteiger charge is 1.95. The lowest BCUT2D eigenvalue weighted by atomic mass is 10.2. The minimum absolute atomic E-state index is 0.755. The number of pyridine rings is 1. The van der Waals surface area contributed by atoms with Crippen LogP contribution in [-0.2, 0) is 0 Å². The fourth-order valence-electron chi connectivity index (χ4n) is 1.07. The van der Waals surface area contributed by atoms with Crippen LogP contribution in [0.1, 0.15) is 0 Å². The third-order valence-electron chi connectivity index (χ3n) is 1.62. The lowest BCUT2D eigenvalue weighted by molar-refractivity contribution is 1.35. The third-order valence-corrected chi connectivity index (χ3v) is 2.45. The van der Waals surface area contributed by atoms with Crippen LogP contribution in [0.25, 0.3) is 10.9 Å². The second kappa shape index (κ2) is 3.18. The molecule has 1 aromatic carbocycles. The van der Waals surface area contributed by atoms with E-state index in [-0.39, 0.29) is 0 Å². The van der Waals surface area contributed by atoms with Gasteiger partial charge in [0.2, 0.25) is 0 Å². The summed E-state index contributed by atoms with van der Waals surface area (Å²) in [5.41, 5.74) is 0.992. The first-order valence-corrected chi connectivity index (χ1v) is 4.93. The molecule has 1 aromatic heterocycles. The van der Waals surface area contributed by atoms with Gasteiger partial charge in [-0.05, 0) is 46.9 Å². The number of hydrogen-bond donors (Lipinski definition) is 0. The summed E-state index contributed by atoms with van der Waals surface area (Å²) in [6.45, 7) is 0. The van der Waals surface area contributed by atoms with Crippen molar-refractivity contribution in [3.63, 3.8) is 0 Å². The molecule has 0 saturated carbocycles. The van der Waals surface area contributed by atoms with Gasteiger partial charge >= 0.3 is 0 Å². The maximum absolute atomic E-state index is 5.83. The monoisotopic (exact) mass is 289 g/mol. The molecule has 0 fully saturated rings. The van der Waals surface area contributed by atoms with Crippen LogP contribution < -0.4 is 0 Å². The number of aromatic nitrogens is 1. The molecule has 0 bridgehead atoms. The lowest BCUT2D eigenvalue weighted by Crippen LogP contribution is -1.81. The van der Waals surface area contributed by atoms with Crippen molar-refractivity contribution in [1.82, 2.24) is 4.98 Å². The maximum Gasteiger partial charge on any atom is 0.102 e. The van der Waals surface area contributed by atoms with Gasteiger partial charge in [-0.25, -0.2) is 4.98 Å². The number of fused-ring (bicyclic) bond motifs is 1. The molecule has 0 amide bonds. The van der Waals surface area contributed by atoms with Crippen LogP contribution in [0.5, 0.6) is 0 Å². The first-order valence-electron chi connectivity index (χ1n) is 3.47. The summed E-state index contributed by atoms with van der Waals surface area (Å²) >= 11 is 8.02. The van der Waals surface area contributed by atoms with Crippen molar-refractivity contribution < 1.29 is 0 Å². The predicted octanol–water partition coefficient (Wildman–Crippen LogP) is 3.49. The molecule has 2 aromatic rings. The average Bonchev–Trinajstić information content (AvgIpc) is 2.05. The maximum atomic E-state index is 5.83. The van der Waals surface area contributed by atoms with Crippen molar-refractivity contribution >= 4 is 45.1 Å². The second-order valence-electron chi connectivity index (χ2n) is 2.47. The predicted molar refractivity (Wildman–Crippen MR) is 59.5 cm³/mol. The molecule has 0 radical (unpaired) electrons. The highest BCUT2D eigenvalue weighted by atomic mass is 127. The standard InChI is InChI=1S/C9H5ClIN/c10-7-2-3-8-6(5-7)1-4-9(11)12-8/h1-5H. The van der Waals surface area contributed by atoms with E-state index >= 15 is 0 Å². The summed E-state index contributed by atoms with van der Waals surface area (Å²) in [5, 5.41) is 1.84. The summed E-state index contributed by atoms with van der Waals surface area (Å²) in [6, 6.07) is 9.70. The van der Waals surface area contributed by atoms with Gasteiger partial charge < -0.3 is 0 Å². The van der Waals surface area contributed by atoms with Crippen molar-refractivity contribution in [1.29, 1.82) is 0 Å². The van der Waals surface area contributed by atoms with Gasteiger partial charge in [0.05, 0.1) is 5.52 Å². The molecule has 0 saturated heterocycles. The zero-order valence-electron chi connectivity index (χ0n) is 6.09. The van der Waals surface area contributed by atoms with E-state index in [4.69, 9.17) is 11.6 Å². The Labute approximate surface area is 88.9 Å². The Kier molecular flexibility index (Phi) is 2.19. The summed E-state index contributed by atoms with van der Waals surface area (Å²) < 4.78 is 1.00. The van der Waals surface area contributed by atoms with Gasteiger partial charge in [0.25, 0.3) is 0 Å². The molecule has 0 unspecified atom stereocenters. The molecule has 0 aliphatic carbocycles. The molecule has 0 aliphatic heterocycles. The molecule has 12 heavy (non-hydrogen) atoms. The molecule has 1 nitrogen and oxygen atoms in total. The number of halogens is 2. The Bertz CT molecular complexity index is 387. The summed E-state index contributed by atoms with van der Waals surface area (Å²) in [7, 11) is 0. The van der Waals surface area contributed by atoms with E-state index in [1.54, 1.807) is 0 Å². The largest absolute Gasteiger partial charge is 0.242 e. The highest BCUT2D eigenvalue weighted by molar-refractivity contribution is 14.1. The van der Waals surface area contributed by atoms with Gasteiger partial charge in [0, 0.05) is 10.4 Å². The molecular formula is C9H5ClIN. The van der Waals surface area contributed by atoms with E-state index in [0.717, 1.165) is 19.6 Å². The fourth-order valence-corrected chi connectivity index (χ4v) is 1.69. The molecule has 3 heteroatoms. The van der Waals surface area contributed by atoms with Gasteiger partial charge in [-0.1, -0.05) is 17.7 Å². The van der Waals surface area contributed by atoms with Crippen LogP contribution in [0, 0.1) is 3.70 Å². The normalized spacial score (nSPS) is 10.5. The van der Waals surface area contributed by atoms with Crippen LogP contribution in [0.4, 0.5) is 0 Å². The minimum Gasteiger partial charge on any atom is -0.242 e. The van der Waals surface area contributed by atoms with Crippen molar-refractivity contribution in [3.05, 3.63) is 39.1 Å². The number of rotatable bonds is 0. The van der Waals surface area contributed by atoms with E-state index in [1.165, 1.54) is 0 Å². The average molecular weight is 290 g/mol. The van der Waals surface area contributed by atoms with E-state index < -0.39 is 0 Å². The highest BCUT2D eigenvalue weighted by Crippen LogP contribution is 2.18. The first kappa shape index (κ1) is 8.26. The van der Waals surface area contributed by atoms with Crippen LogP contribution in [0.2, 0.25) is 5.02 Å². The Morgan fingerprint density at radius 3 is 2.83 bits per heavy atom. The van der Waals surface area contributed by atoms with Crippen LogP contribution in [0.3, 0.4) is 0 Å².